The van der Waals surface area contributed by atoms with Gasteiger partial charge in [-0.1, -0.05) is 32.1 Å². The van der Waals surface area contributed by atoms with E-state index in [1.54, 1.807) is 0 Å². The van der Waals surface area contributed by atoms with Crippen molar-refractivity contribution in [3.05, 3.63) is 0 Å². The third-order valence-electron chi connectivity index (χ3n) is 3.54. The van der Waals surface area contributed by atoms with E-state index in [-0.39, 0.29) is 6.61 Å². The molecule has 1 aliphatic rings. The molecule has 0 heterocycles. The van der Waals surface area contributed by atoms with Crippen LogP contribution >= 0.6 is 0 Å². The molecule has 0 unspecified atom stereocenters. The van der Waals surface area contributed by atoms with E-state index in [0.29, 0.717) is 12.3 Å². The van der Waals surface area contributed by atoms with Crippen molar-refractivity contribution in [2.75, 3.05) is 13.7 Å². The first-order chi connectivity index (χ1) is 9.04. The fourth-order valence-electron chi connectivity index (χ4n) is 2.51. The van der Waals surface area contributed by atoms with E-state index in [1.165, 1.54) is 26.4 Å². The molecule has 1 saturated carbocycles. The Hall–Kier alpha value is -0.980. The molecular weight excluding hydrogens is 248 g/mol. The minimum absolute atomic E-state index is 0.212. The highest BCUT2D eigenvalue weighted by Gasteiger charge is 2.27. The molecule has 1 aliphatic carbocycles. The summed E-state index contributed by atoms with van der Waals surface area (Å²) in [5, 5.41) is 11.9. The molecule has 0 aliphatic heterocycles. The van der Waals surface area contributed by atoms with Crippen molar-refractivity contribution in [2.45, 2.75) is 50.7 Å². The highest BCUT2D eigenvalue weighted by molar-refractivity contribution is 5.98. The number of hydrogen-bond donors (Lipinski definition) is 3. The smallest absolute Gasteiger partial charge is 0.257 e. The molecule has 0 aromatic rings. The molecule has 0 aromatic heterocycles. The summed E-state index contributed by atoms with van der Waals surface area (Å²) < 4.78 is 4.59. The van der Waals surface area contributed by atoms with Crippen molar-refractivity contribution in [1.29, 1.82) is 0 Å². The lowest BCUT2D eigenvalue weighted by atomic mass is 9.84. The quantitative estimate of drug-likeness (QED) is 0.628. The van der Waals surface area contributed by atoms with Crippen LogP contribution in [-0.4, -0.2) is 42.8 Å². The van der Waals surface area contributed by atoms with Gasteiger partial charge in [0.1, 0.15) is 12.7 Å². The number of methoxy groups -OCH3 is 1. The lowest BCUT2D eigenvalue weighted by molar-refractivity contribution is -0.138. The van der Waals surface area contributed by atoms with Crippen LogP contribution in [0, 0.1) is 5.92 Å². The van der Waals surface area contributed by atoms with Crippen LogP contribution in [0.25, 0.3) is 0 Å². The minimum Gasteiger partial charge on any atom is -0.382 e. The van der Waals surface area contributed by atoms with Crippen LogP contribution in [-0.2, 0) is 14.3 Å². The number of carbonyl (C=O) groups excluding carboxylic acids is 2. The molecule has 1 rings (SSSR count). The summed E-state index contributed by atoms with van der Waals surface area (Å²) in [6, 6.07) is -0.626. The molecule has 0 aromatic carbocycles. The summed E-state index contributed by atoms with van der Waals surface area (Å²) >= 11 is 0. The maximum Gasteiger partial charge on any atom is 0.257 e. The Kier molecular flexibility index (Phi) is 6.97. The molecule has 6 nitrogen and oxygen atoms in total. The summed E-state index contributed by atoms with van der Waals surface area (Å²) in [5.41, 5.74) is 5.85. The molecule has 110 valence electrons. The van der Waals surface area contributed by atoms with E-state index in [0.717, 1.165) is 12.8 Å². The largest absolute Gasteiger partial charge is 0.382 e. The van der Waals surface area contributed by atoms with Crippen LogP contribution in [0.4, 0.5) is 0 Å². The van der Waals surface area contributed by atoms with Gasteiger partial charge in [0.2, 0.25) is 0 Å². The van der Waals surface area contributed by atoms with Crippen molar-refractivity contribution in [1.82, 2.24) is 5.32 Å². The SMILES string of the molecule is COCC(=O)NC(=O)[C@@H](O)[C@H](N)CC1CCCCC1. The Morgan fingerprint density at radius 1 is 1.37 bits per heavy atom. The van der Waals surface area contributed by atoms with Gasteiger partial charge >= 0.3 is 0 Å². The van der Waals surface area contributed by atoms with Crippen LogP contribution in [0.3, 0.4) is 0 Å². The second kappa shape index (κ2) is 8.24. The molecule has 0 saturated heterocycles. The van der Waals surface area contributed by atoms with Crippen molar-refractivity contribution in [3.63, 3.8) is 0 Å². The number of ether oxygens (including phenoxy) is 1. The van der Waals surface area contributed by atoms with Gasteiger partial charge in [0, 0.05) is 13.2 Å². The number of hydrogen-bond acceptors (Lipinski definition) is 5. The van der Waals surface area contributed by atoms with E-state index in [1.807, 2.05) is 0 Å². The summed E-state index contributed by atoms with van der Waals surface area (Å²) in [6.45, 7) is -0.212. The molecule has 19 heavy (non-hydrogen) atoms. The summed E-state index contributed by atoms with van der Waals surface area (Å²) in [5.74, 6) is -0.845. The summed E-state index contributed by atoms with van der Waals surface area (Å²) in [6.07, 6.45) is 5.10. The third-order valence-corrected chi connectivity index (χ3v) is 3.54. The average molecular weight is 272 g/mol. The second-order valence-electron chi connectivity index (χ2n) is 5.19. The van der Waals surface area contributed by atoms with Crippen LogP contribution in [0.15, 0.2) is 0 Å². The van der Waals surface area contributed by atoms with Crippen molar-refractivity contribution in [2.24, 2.45) is 11.7 Å². The number of amides is 2. The van der Waals surface area contributed by atoms with E-state index in [9.17, 15) is 14.7 Å². The first-order valence-electron chi connectivity index (χ1n) is 6.81. The number of rotatable bonds is 6. The standard InChI is InChI=1S/C13H24N2O4/c1-19-8-11(16)15-13(18)12(17)10(14)7-9-5-3-2-4-6-9/h9-10,12,17H,2-8,14H2,1H3,(H,15,16,18)/t10-,12+/m1/s1. The molecule has 1 fully saturated rings. The predicted molar refractivity (Wildman–Crippen MR) is 70.2 cm³/mol. The van der Waals surface area contributed by atoms with E-state index in [4.69, 9.17) is 5.73 Å². The van der Waals surface area contributed by atoms with Crippen molar-refractivity contribution < 1.29 is 19.4 Å². The highest BCUT2D eigenvalue weighted by atomic mass is 16.5. The molecule has 0 spiro atoms. The molecule has 0 bridgehead atoms. The maximum atomic E-state index is 11.6. The molecule has 6 heteroatoms. The van der Waals surface area contributed by atoms with Crippen molar-refractivity contribution in [3.8, 4) is 0 Å². The van der Waals surface area contributed by atoms with Crippen LogP contribution in [0.1, 0.15) is 38.5 Å². The Morgan fingerprint density at radius 2 is 2.00 bits per heavy atom. The van der Waals surface area contributed by atoms with Gasteiger partial charge in [-0.2, -0.15) is 0 Å². The van der Waals surface area contributed by atoms with Gasteiger partial charge in [-0.25, -0.2) is 0 Å². The summed E-state index contributed by atoms with van der Waals surface area (Å²) in [4.78, 5) is 22.8. The first kappa shape index (κ1) is 16.1. The first-order valence-corrected chi connectivity index (χ1v) is 6.81. The van der Waals surface area contributed by atoms with Gasteiger partial charge in [-0.15, -0.1) is 0 Å². The van der Waals surface area contributed by atoms with Crippen molar-refractivity contribution >= 4 is 11.8 Å². The Labute approximate surface area is 113 Å². The number of carbonyl (C=O) groups is 2. The van der Waals surface area contributed by atoms with Crippen LogP contribution < -0.4 is 11.1 Å². The number of aliphatic hydroxyl groups excluding tert-OH is 1. The zero-order valence-corrected chi connectivity index (χ0v) is 11.4. The maximum absolute atomic E-state index is 11.6. The van der Waals surface area contributed by atoms with E-state index < -0.39 is 24.0 Å². The van der Waals surface area contributed by atoms with E-state index in [2.05, 4.69) is 10.1 Å². The van der Waals surface area contributed by atoms with Gasteiger partial charge in [0.25, 0.3) is 11.8 Å². The van der Waals surface area contributed by atoms with E-state index >= 15 is 0 Å². The Balaban J connectivity index is 2.35. The zero-order valence-electron chi connectivity index (χ0n) is 11.4. The van der Waals surface area contributed by atoms with Gasteiger partial charge < -0.3 is 15.6 Å². The molecule has 2 amide bonds. The lowest BCUT2D eigenvalue weighted by Gasteiger charge is -2.26. The predicted octanol–water partition coefficient (Wildman–Crippen LogP) is -0.0658. The fraction of sp³-hybridized carbons (Fsp3) is 0.846. The molecule has 2 atom stereocenters. The fourth-order valence-corrected chi connectivity index (χ4v) is 2.51. The molecule has 4 N–H and O–H groups in total. The van der Waals surface area contributed by atoms with Gasteiger partial charge in [0.15, 0.2) is 0 Å². The van der Waals surface area contributed by atoms with Gasteiger partial charge in [0.05, 0.1) is 0 Å². The monoisotopic (exact) mass is 272 g/mol. The lowest BCUT2D eigenvalue weighted by Crippen LogP contribution is -2.49. The number of nitrogens with one attached hydrogen (secondary N) is 1. The molecule has 0 radical (unpaired) electrons. The highest BCUT2D eigenvalue weighted by Crippen LogP contribution is 2.27. The normalized spacial score (nSPS) is 19.7. The van der Waals surface area contributed by atoms with Crippen LogP contribution in [0.2, 0.25) is 0 Å². The van der Waals surface area contributed by atoms with Gasteiger partial charge in [-0.3, -0.25) is 14.9 Å². The Bertz CT molecular complexity index is 303. The van der Waals surface area contributed by atoms with Crippen LogP contribution in [0.5, 0.6) is 0 Å². The Morgan fingerprint density at radius 3 is 2.58 bits per heavy atom. The molecular formula is C13H24N2O4. The second-order valence-corrected chi connectivity index (χ2v) is 5.19. The topological polar surface area (TPSA) is 102 Å². The number of aliphatic hydroxyl groups is 1. The number of nitrogens with two attached hydrogens (primary N) is 1. The average Bonchev–Trinajstić information content (AvgIpc) is 2.39. The minimum atomic E-state index is -1.34. The number of imide groups is 1. The van der Waals surface area contributed by atoms with Gasteiger partial charge in [-0.05, 0) is 12.3 Å². The third kappa shape index (κ3) is 5.67. The summed E-state index contributed by atoms with van der Waals surface area (Å²) in [7, 11) is 1.36. The zero-order chi connectivity index (χ0) is 14.3.